The summed E-state index contributed by atoms with van der Waals surface area (Å²) in [5, 5.41) is 2.86. The summed E-state index contributed by atoms with van der Waals surface area (Å²) < 4.78 is 0. The first-order valence-electron chi connectivity index (χ1n) is 8.60. The summed E-state index contributed by atoms with van der Waals surface area (Å²) in [6, 6.07) is 4.94. The Labute approximate surface area is 146 Å². The molecule has 3 aliphatic rings. The molecule has 0 spiro atoms. The lowest BCUT2D eigenvalue weighted by Gasteiger charge is -2.37. The van der Waals surface area contributed by atoms with Crippen LogP contribution in [-0.4, -0.2) is 59.2 Å². The molecule has 7 heteroatoms. The van der Waals surface area contributed by atoms with Gasteiger partial charge in [-0.1, -0.05) is 6.07 Å². The van der Waals surface area contributed by atoms with E-state index in [9.17, 15) is 14.4 Å². The third-order valence-electron chi connectivity index (χ3n) is 5.65. The average Bonchev–Trinajstić information content (AvgIpc) is 2.99. The molecule has 2 saturated heterocycles. The first-order chi connectivity index (χ1) is 11.8. The van der Waals surface area contributed by atoms with E-state index < -0.39 is 11.5 Å². The maximum atomic E-state index is 12.9. The van der Waals surface area contributed by atoms with Gasteiger partial charge in [-0.05, 0) is 38.0 Å². The number of hydrogen-bond acceptors (Lipinski definition) is 4. The van der Waals surface area contributed by atoms with Crippen LogP contribution in [0.5, 0.6) is 0 Å². The molecule has 0 saturated carbocycles. The number of carbonyl (C=O) groups is 3. The molecule has 2 atom stereocenters. The van der Waals surface area contributed by atoms with E-state index in [0.29, 0.717) is 37.3 Å². The van der Waals surface area contributed by atoms with Crippen molar-refractivity contribution in [2.24, 2.45) is 5.73 Å². The number of piperazine rings is 1. The summed E-state index contributed by atoms with van der Waals surface area (Å²) >= 11 is 0. The largest absolute Gasteiger partial charge is 0.335 e. The van der Waals surface area contributed by atoms with Crippen molar-refractivity contribution >= 4 is 23.4 Å². The lowest BCUT2D eigenvalue weighted by atomic mass is 9.86. The molecule has 0 aromatic heterocycles. The zero-order valence-corrected chi connectivity index (χ0v) is 14.4. The van der Waals surface area contributed by atoms with Gasteiger partial charge in [0, 0.05) is 30.9 Å². The SMILES string of the molecule is CC1(C)C(=O)Nc2cc(C(=O)N3CCN4C(=O)C(N)CC4C3)ccc21. The van der Waals surface area contributed by atoms with Crippen LogP contribution in [0.4, 0.5) is 5.69 Å². The maximum absolute atomic E-state index is 12.9. The summed E-state index contributed by atoms with van der Waals surface area (Å²) in [5.74, 6) is -0.145. The number of benzene rings is 1. The molecule has 1 aromatic carbocycles. The van der Waals surface area contributed by atoms with E-state index in [-0.39, 0.29) is 23.8 Å². The van der Waals surface area contributed by atoms with Gasteiger partial charge in [-0.25, -0.2) is 0 Å². The summed E-state index contributed by atoms with van der Waals surface area (Å²) in [4.78, 5) is 40.5. The van der Waals surface area contributed by atoms with Gasteiger partial charge < -0.3 is 20.9 Å². The molecule has 2 fully saturated rings. The maximum Gasteiger partial charge on any atom is 0.254 e. The highest BCUT2D eigenvalue weighted by Gasteiger charge is 2.42. The Hall–Kier alpha value is -2.41. The molecule has 3 amide bonds. The molecular formula is C18H22N4O3. The number of fused-ring (bicyclic) bond motifs is 2. The van der Waals surface area contributed by atoms with E-state index in [0.717, 1.165) is 5.56 Å². The molecule has 4 rings (SSSR count). The Morgan fingerprint density at radius 1 is 1.28 bits per heavy atom. The van der Waals surface area contributed by atoms with E-state index >= 15 is 0 Å². The number of carbonyl (C=O) groups excluding carboxylic acids is 3. The van der Waals surface area contributed by atoms with Gasteiger partial charge in [-0.15, -0.1) is 0 Å². The number of anilines is 1. The predicted octanol–water partition coefficient (Wildman–Crippen LogP) is 0.300. The minimum atomic E-state index is -0.580. The van der Waals surface area contributed by atoms with Crippen LogP contribution in [0.3, 0.4) is 0 Å². The van der Waals surface area contributed by atoms with Crippen LogP contribution in [0, 0.1) is 0 Å². The molecule has 0 aliphatic carbocycles. The third-order valence-corrected chi connectivity index (χ3v) is 5.65. The van der Waals surface area contributed by atoms with Crippen molar-refractivity contribution in [3.05, 3.63) is 29.3 Å². The van der Waals surface area contributed by atoms with Crippen molar-refractivity contribution < 1.29 is 14.4 Å². The Morgan fingerprint density at radius 2 is 2.04 bits per heavy atom. The number of nitrogens with two attached hydrogens (primary N) is 1. The highest BCUT2D eigenvalue weighted by molar-refractivity contribution is 6.07. The van der Waals surface area contributed by atoms with Crippen LogP contribution in [0.25, 0.3) is 0 Å². The molecule has 0 bridgehead atoms. The fourth-order valence-electron chi connectivity index (χ4n) is 4.05. The second-order valence-electron chi connectivity index (χ2n) is 7.62. The summed E-state index contributed by atoms with van der Waals surface area (Å²) in [5.41, 5.74) is 7.42. The highest BCUT2D eigenvalue weighted by Crippen LogP contribution is 2.38. The minimum Gasteiger partial charge on any atom is -0.335 e. The van der Waals surface area contributed by atoms with Gasteiger partial charge in [-0.2, -0.15) is 0 Å². The summed E-state index contributed by atoms with van der Waals surface area (Å²) in [6.45, 7) is 5.28. The van der Waals surface area contributed by atoms with E-state index in [1.165, 1.54) is 0 Å². The smallest absolute Gasteiger partial charge is 0.254 e. The topological polar surface area (TPSA) is 95.7 Å². The van der Waals surface area contributed by atoms with Crippen LogP contribution >= 0.6 is 0 Å². The lowest BCUT2D eigenvalue weighted by molar-refractivity contribution is -0.131. The average molecular weight is 342 g/mol. The van der Waals surface area contributed by atoms with Gasteiger partial charge in [0.05, 0.1) is 17.5 Å². The van der Waals surface area contributed by atoms with E-state index in [1.807, 2.05) is 19.9 Å². The van der Waals surface area contributed by atoms with Crippen LogP contribution in [0.2, 0.25) is 0 Å². The molecular weight excluding hydrogens is 320 g/mol. The first-order valence-corrected chi connectivity index (χ1v) is 8.60. The minimum absolute atomic E-state index is 0.00765. The van der Waals surface area contributed by atoms with Gasteiger partial charge in [0.1, 0.15) is 0 Å². The van der Waals surface area contributed by atoms with Gasteiger partial charge in [0.15, 0.2) is 0 Å². The number of nitrogens with one attached hydrogen (secondary N) is 1. The number of amides is 3. The van der Waals surface area contributed by atoms with Gasteiger partial charge >= 0.3 is 0 Å². The zero-order chi connectivity index (χ0) is 17.9. The highest BCUT2D eigenvalue weighted by atomic mass is 16.2. The molecule has 7 nitrogen and oxygen atoms in total. The molecule has 2 unspecified atom stereocenters. The van der Waals surface area contributed by atoms with Crippen molar-refractivity contribution in [1.82, 2.24) is 9.80 Å². The second-order valence-corrected chi connectivity index (χ2v) is 7.62. The molecule has 25 heavy (non-hydrogen) atoms. The molecule has 132 valence electrons. The lowest BCUT2D eigenvalue weighted by Crippen LogP contribution is -2.53. The normalized spacial score (nSPS) is 27.2. The Kier molecular flexibility index (Phi) is 3.40. The standard InChI is InChI=1S/C18H22N4O3/c1-18(2)12-4-3-10(7-14(12)20-17(18)25)15(23)21-5-6-22-11(9-21)8-13(19)16(22)24/h3-4,7,11,13H,5-6,8-9,19H2,1-2H3,(H,20,25). The molecule has 1 aromatic rings. The number of nitrogens with zero attached hydrogens (tertiary/aromatic N) is 2. The fourth-order valence-corrected chi connectivity index (χ4v) is 4.05. The van der Waals surface area contributed by atoms with Crippen LogP contribution < -0.4 is 11.1 Å². The van der Waals surface area contributed by atoms with Crippen molar-refractivity contribution in [2.75, 3.05) is 25.0 Å². The summed E-state index contributed by atoms with van der Waals surface area (Å²) in [6.07, 6.45) is 0.594. The fraction of sp³-hybridized carbons (Fsp3) is 0.500. The predicted molar refractivity (Wildman–Crippen MR) is 92.1 cm³/mol. The van der Waals surface area contributed by atoms with E-state index in [1.54, 1.807) is 21.9 Å². The van der Waals surface area contributed by atoms with Gasteiger partial charge in [0.2, 0.25) is 11.8 Å². The second kappa shape index (κ2) is 5.29. The van der Waals surface area contributed by atoms with Crippen molar-refractivity contribution in [2.45, 2.75) is 37.8 Å². The number of hydrogen-bond donors (Lipinski definition) is 2. The van der Waals surface area contributed by atoms with Crippen LogP contribution in [0.1, 0.15) is 36.2 Å². The first kappa shape index (κ1) is 16.1. The molecule has 0 radical (unpaired) electrons. The quantitative estimate of drug-likeness (QED) is 0.767. The molecule has 3 heterocycles. The van der Waals surface area contributed by atoms with Crippen molar-refractivity contribution in [1.29, 1.82) is 0 Å². The van der Waals surface area contributed by atoms with Crippen molar-refractivity contribution in [3.63, 3.8) is 0 Å². The van der Waals surface area contributed by atoms with Crippen LogP contribution in [0.15, 0.2) is 18.2 Å². The Bertz CT molecular complexity index is 789. The molecule has 3 aliphatic heterocycles. The zero-order valence-electron chi connectivity index (χ0n) is 14.4. The summed E-state index contributed by atoms with van der Waals surface area (Å²) in [7, 11) is 0. The third kappa shape index (κ3) is 2.33. The number of rotatable bonds is 1. The van der Waals surface area contributed by atoms with E-state index in [2.05, 4.69) is 5.32 Å². The Morgan fingerprint density at radius 3 is 2.80 bits per heavy atom. The monoisotopic (exact) mass is 342 g/mol. The molecule has 3 N–H and O–H groups in total. The van der Waals surface area contributed by atoms with Gasteiger partial charge in [-0.3, -0.25) is 14.4 Å². The van der Waals surface area contributed by atoms with Crippen molar-refractivity contribution in [3.8, 4) is 0 Å². The van der Waals surface area contributed by atoms with Crippen LogP contribution in [-0.2, 0) is 15.0 Å². The Balaban J connectivity index is 1.54. The van der Waals surface area contributed by atoms with Gasteiger partial charge in [0.25, 0.3) is 5.91 Å². The van der Waals surface area contributed by atoms with E-state index in [4.69, 9.17) is 5.73 Å².